The minimum absolute atomic E-state index is 0.0356. The number of phenols is 1. The van der Waals surface area contributed by atoms with Crippen molar-refractivity contribution in [3.05, 3.63) is 95.4 Å². The van der Waals surface area contributed by atoms with Crippen LogP contribution >= 0.6 is 0 Å². The van der Waals surface area contributed by atoms with E-state index in [0.717, 1.165) is 80.6 Å². The zero-order valence-corrected chi connectivity index (χ0v) is 32.1. The third-order valence-electron chi connectivity index (χ3n) is 10.9. The highest BCUT2D eigenvalue weighted by atomic mass is 19.1. The summed E-state index contributed by atoms with van der Waals surface area (Å²) in [6.07, 6.45) is 6.70. The van der Waals surface area contributed by atoms with Gasteiger partial charge in [0.15, 0.2) is 5.82 Å². The fourth-order valence-electron chi connectivity index (χ4n) is 8.20. The van der Waals surface area contributed by atoms with E-state index in [4.69, 9.17) is 4.74 Å². The molecule has 3 N–H and O–H groups in total. The van der Waals surface area contributed by atoms with Crippen molar-refractivity contribution in [2.24, 2.45) is 0 Å². The first-order valence-electron chi connectivity index (χ1n) is 19.5. The van der Waals surface area contributed by atoms with Gasteiger partial charge < -0.3 is 30.3 Å². The largest absolute Gasteiger partial charge is 0.507 e. The van der Waals surface area contributed by atoms with Crippen molar-refractivity contribution in [1.82, 2.24) is 34.6 Å². The lowest BCUT2D eigenvalue weighted by molar-refractivity contribution is 0.0485. The maximum absolute atomic E-state index is 14.9. The molecule has 3 aromatic carbocycles. The zero-order chi connectivity index (χ0) is 38.8. The molecule has 12 nitrogen and oxygen atoms in total. The average molecular weight is 758 g/mol. The molecule has 0 spiro atoms. The van der Waals surface area contributed by atoms with Gasteiger partial charge in [0.05, 0.1) is 23.3 Å². The summed E-state index contributed by atoms with van der Waals surface area (Å²) in [7, 11) is 2.14. The summed E-state index contributed by atoms with van der Waals surface area (Å²) in [5.74, 6) is 0.221. The second-order valence-electron chi connectivity index (χ2n) is 15.3. The quantitative estimate of drug-likeness (QED) is 0.0924. The van der Waals surface area contributed by atoms with Crippen LogP contribution in [0.1, 0.15) is 53.6 Å². The number of aryl methyl sites for hydroxylation is 2. The predicted molar refractivity (Wildman–Crippen MR) is 217 cm³/mol. The molecule has 56 heavy (non-hydrogen) atoms. The minimum atomic E-state index is -0.544. The van der Waals surface area contributed by atoms with E-state index < -0.39 is 5.82 Å². The van der Waals surface area contributed by atoms with Crippen LogP contribution < -0.4 is 10.6 Å². The normalized spacial score (nSPS) is 18.0. The molecule has 2 saturated heterocycles. The topological polar surface area (TPSA) is 133 Å². The van der Waals surface area contributed by atoms with Crippen LogP contribution in [0.15, 0.2) is 72.9 Å². The average Bonchev–Trinajstić information content (AvgIpc) is 3.68. The monoisotopic (exact) mass is 757 g/mol. The number of rotatable bonds is 11. The lowest BCUT2D eigenvalue weighted by Crippen LogP contribution is -2.43. The maximum Gasteiger partial charge on any atom is 0.338 e. The number of halogens is 1. The standard InChI is InChI=1S/C43H48FN9O3/c1-27-15-16-32(39-31-12-4-5-13-33(31)41(49-47-39)45-29-10-6-17-51(3)25-29)34(22-27)42(55)56-21-9-19-52-18-7-11-30(26-52)46-43-50-48-40(36-14-8-20-53(36)43)38-35(44)23-28(2)24-37(38)54/h4-5,8,12-16,20,22-24,29-30,54H,6-7,9-11,17-19,21,25-26H2,1-3H3,(H,45,49)(H,46,50)/t29?,30-/m1/s1. The summed E-state index contributed by atoms with van der Waals surface area (Å²) in [5.41, 5.74) is 4.38. The molecule has 2 fully saturated rings. The summed E-state index contributed by atoms with van der Waals surface area (Å²) in [6, 6.07) is 20.9. The Morgan fingerprint density at radius 3 is 2.48 bits per heavy atom. The summed E-state index contributed by atoms with van der Waals surface area (Å²) >= 11 is 0. The first-order chi connectivity index (χ1) is 27.2. The molecule has 0 radical (unpaired) electrons. The van der Waals surface area contributed by atoms with Gasteiger partial charge in [0, 0.05) is 54.3 Å². The molecule has 13 heteroatoms. The molecule has 0 amide bonds. The van der Waals surface area contributed by atoms with Gasteiger partial charge in [-0.05, 0) is 102 Å². The van der Waals surface area contributed by atoms with Gasteiger partial charge >= 0.3 is 5.97 Å². The number of esters is 1. The number of piperidine rings is 2. The fourth-order valence-corrected chi connectivity index (χ4v) is 8.20. The Hall–Kier alpha value is -5.66. The lowest BCUT2D eigenvalue weighted by Gasteiger charge is -2.33. The number of ether oxygens (including phenoxy) is 1. The Morgan fingerprint density at radius 1 is 0.875 bits per heavy atom. The Labute approximate surface area is 325 Å². The van der Waals surface area contributed by atoms with E-state index in [1.807, 2.05) is 66.1 Å². The number of likely N-dealkylation sites (tertiary alicyclic amines) is 2. The van der Waals surface area contributed by atoms with Gasteiger partial charge in [-0.1, -0.05) is 42.0 Å². The van der Waals surface area contributed by atoms with Crippen LogP contribution in [0.4, 0.5) is 16.2 Å². The van der Waals surface area contributed by atoms with Gasteiger partial charge in [-0.15, -0.1) is 20.4 Å². The maximum atomic E-state index is 14.9. The van der Waals surface area contributed by atoms with E-state index in [1.165, 1.54) is 12.1 Å². The predicted octanol–water partition coefficient (Wildman–Crippen LogP) is 7.10. The molecular formula is C43H48FN9O3. The molecular weight excluding hydrogens is 710 g/mol. The summed E-state index contributed by atoms with van der Waals surface area (Å²) in [6.45, 7) is 8.52. The number of carbonyl (C=O) groups excluding carboxylic acids is 1. The van der Waals surface area contributed by atoms with Crippen LogP contribution in [-0.2, 0) is 4.74 Å². The first kappa shape index (κ1) is 37.3. The summed E-state index contributed by atoms with van der Waals surface area (Å²) in [5, 5.41) is 37.7. The van der Waals surface area contributed by atoms with Crippen LogP contribution in [0.5, 0.6) is 5.75 Å². The molecule has 0 bridgehead atoms. The van der Waals surface area contributed by atoms with Crippen LogP contribution in [0, 0.1) is 19.7 Å². The highest BCUT2D eigenvalue weighted by Crippen LogP contribution is 2.36. The second-order valence-corrected chi connectivity index (χ2v) is 15.3. The van der Waals surface area contributed by atoms with Gasteiger partial charge in [0.1, 0.15) is 23.0 Å². The van der Waals surface area contributed by atoms with Crippen molar-refractivity contribution in [3.63, 3.8) is 0 Å². The number of carbonyl (C=O) groups is 1. The summed E-state index contributed by atoms with van der Waals surface area (Å²) in [4.78, 5) is 18.4. The van der Waals surface area contributed by atoms with Crippen molar-refractivity contribution < 1.29 is 19.0 Å². The number of hydrogen-bond acceptors (Lipinski definition) is 11. The van der Waals surface area contributed by atoms with Crippen molar-refractivity contribution in [3.8, 4) is 28.3 Å². The van der Waals surface area contributed by atoms with Crippen LogP contribution in [0.3, 0.4) is 0 Å². The van der Waals surface area contributed by atoms with Crippen molar-refractivity contribution >= 4 is 34.0 Å². The molecule has 8 rings (SSSR count). The van der Waals surface area contributed by atoms with Crippen LogP contribution in [0.25, 0.3) is 38.8 Å². The van der Waals surface area contributed by atoms with E-state index in [0.29, 0.717) is 46.3 Å². The third kappa shape index (κ3) is 7.87. The third-order valence-corrected chi connectivity index (χ3v) is 10.9. The second kappa shape index (κ2) is 16.2. The molecule has 6 aromatic rings. The number of aromatic nitrogens is 5. The number of likely N-dealkylation sites (N-methyl/N-ethyl adjacent to an activating group) is 1. The van der Waals surface area contributed by atoms with Crippen molar-refractivity contribution in [1.29, 1.82) is 0 Å². The Balaban J connectivity index is 0.902. The number of aromatic hydroxyl groups is 1. The van der Waals surface area contributed by atoms with E-state index in [-0.39, 0.29) is 35.6 Å². The van der Waals surface area contributed by atoms with Gasteiger partial charge in [0.2, 0.25) is 5.95 Å². The fraction of sp³-hybridized carbons (Fsp3) is 0.372. The van der Waals surface area contributed by atoms with Gasteiger partial charge in [-0.25, -0.2) is 9.18 Å². The van der Waals surface area contributed by atoms with Gasteiger partial charge in [-0.3, -0.25) is 4.40 Å². The lowest BCUT2D eigenvalue weighted by atomic mass is 9.98. The molecule has 1 unspecified atom stereocenters. The molecule has 2 atom stereocenters. The Bertz CT molecular complexity index is 2360. The Morgan fingerprint density at radius 2 is 1.66 bits per heavy atom. The number of nitrogens with zero attached hydrogens (tertiary/aromatic N) is 7. The number of hydrogen-bond donors (Lipinski definition) is 3. The van der Waals surface area contributed by atoms with Crippen LogP contribution in [-0.4, -0.2) is 104 Å². The summed E-state index contributed by atoms with van der Waals surface area (Å²) < 4.78 is 22.7. The number of fused-ring (bicyclic) bond motifs is 2. The van der Waals surface area contributed by atoms with Gasteiger partial charge in [-0.2, -0.15) is 0 Å². The highest BCUT2D eigenvalue weighted by Gasteiger charge is 2.25. The van der Waals surface area contributed by atoms with Crippen molar-refractivity contribution in [2.45, 2.75) is 58.0 Å². The molecule has 5 heterocycles. The Kier molecular flexibility index (Phi) is 10.8. The molecule has 2 aliphatic rings. The van der Waals surface area contributed by atoms with E-state index in [2.05, 4.69) is 53.9 Å². The van der Waals surface area contributed by atoms with Crippen molar-refractivity contribution in [2.75, 3.05) is 57.0 Å². The number of benzene rings is 3. The number of phenolic OH excluding ortho intramolecular Hbond substituents is 1. The van der Waals surface area contributed by atoms with E-state index in [9.17, 15) is 14.3 Å². The van der Waals surface area contributed by atoms with E-state index in [1.54, 1.807) is 6.92 Å². The SMILES string of the molecule is Cc1cc(O)c(-c2nnc(N[C@@H]3CCCN(CCCOC(=O)c4cc(C)ccc4-c4nnc(NC5CCCN(C)C5)c5ccccc45)C3)n3cccc23)c(F)c1. The number of nitrogens with one attached hydrogen (secondary N) is 2. The minimum Gasteiger partial charge on any atom is -0.507 e. The molecule has 2 aliphatic heterocycles. The highest BCUT2D eigenvalue weighted by molar-refractivity contribution is 6.05. The molecule has 0 saturated carbocycles. The molecule has 0 aliphatic carbocycles. The molecule has 3 aromatic heterocycles. The molecule has 290 valence electrons. The zero-order valence-electron chi connectivity index (χ0n) is 32.1. The van der Waals surface area contributed by atoms with Gasteiger partial charge in [0.25, 0.3) is 0 Å². The first-order valence-corrected chi connectivity index (χ1v) is 19.5. The number of anilines is 2. The van der Waals surface area contributed by atoms with E-state index >= 15 is 0 Å². The smallest absolute Gasteiger partial charge is 0.338 e. The van der Waals surface area contributed by atoms with Crippen LogP contribution in [0.2, 0.25) is 0 Å².